The lowest BCUT2D eigenvalue weighted by atomic mass is 9.51. The number of aromatic nitrogens is 1. The van der Waals surface area contributed by atoms with Crippen molar-refractivity contribution in [2.75, 3.05) is 41.2 Å². The van der Waals surface area contributed by atoms with Crippen LogP contribution in [0.4, 0.5) is 0 Å². The molecule has 1 saturated carbocycles. The van der Waals surface area contributed by atoms with Crippen molar-refractivity contribution < 1.29 is 52.6 Å². The van der Waals surface area contributed by atoms with Crippen LogP contribution >= 0.6 is 0 Å². The van der Waals surface area contributed by atoms with Gasteiger partial charge in [-0.2, -0.15) is 0 Å². The van der Waals surface area contributed by atoms with Crippen molar-refractivity contribution in [1.29, 1.82) is 0 Å². The predicted molar refractivity (Wildman–Crippen MR) is 145 cm³/mol. The summed E-state index contributed by atoms with van der Waals surface area (Å²) in [6.45, 7) is 4.06. The molecule has 3 heterocycles. The monoisotopic (exact) mass is 591 g/mol. The number of carbonyl (C=O) groups is 2. The van der Waals surface area contributed by atoms with E-state index < -0.39 is 71.7 Å². The average molecular weight is 592 g/mol. The van der Waals surface area contributed by atoms with Gasteiger partial charge < -0.3 is 43.1 Å². The third kappa shape index (κ3) is 5.11. The normalized spacial score (nSPS) is 41.3. The molecule has 232 valence electrons. The second-order valence-electron chi connectivity index (χ2n) is 11.8. The van der Waals surface area contributed by atoms with Gasteiger partial charge in [0.15, 0.2) is 12.1 Å². The van der Waals surface area contributed by atoms with E-state index in [1.807, 2.05) is 32.1 Å². The minimum absolute atomic E-state index is 0.000490. The number of ether oxygens (including phenoxy) is 6. The number of oxazole rings is 1. The van der Waals surface area contributed by atoms with Crippen LogP contribution in [0.15, 0.2) is 40.9 Å². The Morgan fingerprint density at radius 2 is 1.95 bits per heavy atom. The number of esters is 2. The molecule has 0 unspecified atom stereocenters. The smallest absolute Gasteiger partial charge is 0.360 e. The first-order chi connectivity index (χ1) is 20.2. The van der Waals surface area contributed by atoms with Crippen LogP contribution in [0.25, 0.3) is 0 Å². The SMILES string of the molecule is COC[C@@H]1[C@@H](O)[C@@H]2C[C@H](O[C@@H]3C=C[C@@H]4[C@@H](COC)C(=O)O[C@H]([C@H](O)COC)[C@H](C)/C=C(\C)[C@@]432)[C@@H]1OC(=O)c1cocn1. The zero-order valence-electron chi connectivity index (χ0n) is 24.6. The van der Waals surface area contributed by atoms with Crippen LogP contribution in [0.5, 0.6) is 0 Å². The van der Waals surface area contributed by atoms with E-state index >= 15 is 0 Å². The topological polar surface area (TPSA) is 156 Å². The van der Waals surface area contributed by atoms with E-state index in [4.69, 9.17) is 32.8 Å². The number of fused-ring (bicyclic) bond motifs is 2. The zero-order chi connectivity index (χ0) is 30.2. The summed E-state index contributed by atoms with van der Waals surface area (Å²) in [7, 11) is 4.53. The summed E-state index contributed by atoms with van der Waals surface area (Å²) >= 11 is 0. The fraction of sp³-hybridized carbons (Fsp3) is 0.700. The summed E-state index contributed by atoms with van der Waals surface area (Å²) < 4.78 is 39.7. The number of rotatable bonds is 9. The molecule has 2 bridgehead atoms. The van der Waals surface area contributed by atoms with Gasteiger partial charge in [-0.25, -0.2) is 9.78 Å². The molecule has 0 radical (unpaired) electrons. The van der Waals surface area contributed by atoms with Gasteiger partial charge in [0.25, 0.3) is 0 Å². The summed E-state index contributed by atoms with van der Waals surface area (Å²) in [5.41, 5.74) is 0.104. The van der Waals surface area contributed by atoms with E-state index in [1.165, 1.54) is 27.6 Å². The lowest BCUT2D eigenvalue weighted by molar-refractivity contribution is -0.248. The molecule has 1 aromatic rings. The molecule has 42 heavy (non-hydrogen) atoms. The van der Waals surface area contributed by atoms with E-state index in [0.717, 1.165) is 12.0 Å². The lowest BCUT2D eigenvalue weighted by Gasteiger charge is -2.59. The maximum Gasteiger partial charge on any atom is 0.360 e. The standard InChI is InChI=1S/C30H41NO11/c1-15-8-16(2)30-19(17(10-36-3)28(34)41-26(15)22(32)13-38-5)6-7-24(30)40-23-9-20(30)25(33)18(11-37-4)27(23)42-29(35)21-12-39-14-31-21/h6-8,12,14-15,17-20,22-27,32-33H,9-11,13H2,1-5H3/b16-8+/t15-,17-,18-,19-,20+,22-,23+,24-,25-,26+,27-,30+/m1/s1. The summed E-state index contributed by atoms with van der Waals surface area (Å²) in [4.78, 5) is 30.6. The number of carbonyl (C=O) groups excluding carboxylic acids is 2. The molecular weight excluding hydrogens is 550 g/mol. The van der Waals surface area contributed by atoms with Crippen LogP contribution in [0, 0.1) is 35.0 Å². The summed E-state index contributed by atoms with van der Waals surface area (Å²) in [5, 5.41) is 22.9. The minimum Gasteiger partial charge on any atom is -0.459 e. The van der Waals surface area contributed by atoms with Crippen molar-refractivity contribution >= 4 is 11.9 Å². The van der Waals surface area contributed by atoms with E-state index in [9.17, 15) is 19.8 Å². The molecule has 12 nitrogen and oxygen atoms in total. The van der Waals surface area contributed by atoms with Crippen molar-refractivity contribution in [3.63, 3.8) is 0 Å². The van der Waals surface area contributed by atoms with Crippen LogP contribution in [0.2, 0.25) is 0 Å². The summed E-state index contributed by atoms with van der Waals surface area (Å²) in [6, 6.07) is 0. The second kappa shape index (κ2) is 12.6. The van der Waals surface area contributed by atoms with Crippen LogP contribution in [0.1, 0.15) is 30.8 Å². The van der Waals surface area contributed by atoms with E-state index in [0.29, 0.717) is 6.42 Å². The van der Waals surface area contributed by atoms with Gasteiger partial charge >= 0.3 is 11.9 Å². The maximum absolute atomic E-state index is 13.8. The number of cyclic esters (lactones) is 1. The minimum atomic E-state index is -1.04. The molecule has 0 amide bonds. The fourth-order valence-electron chi connectivity index (χ4n) is 7.88. The Kier molecular flexibility index (Phi) is 9.22. The Hall–Kier alpha value is -2.61. The largest absolute Gasteiger partial charge is 0.459 e. The Morgan fingerprint density at radius 1 is 1.19 bits per heavy atom. The average Bonchev–Trinajstić information content (AvgIpc) is 3.64. The number of hydrogen-bond acceptors (Lipinski definition) is 12. The molecule has 2 fully saturated rings. The molecule has 4 aliphatic rings. The van der Waals surface area contributed by atoms with Crippen molar-refractivity contribution in [3.05, 3.63) is 42.2 Å². The Bertz CT molecular complexity index is 1170. The van der Waals surface area contributed by atoms with Gasteiger partial charge in [-0.05, 0) is 13.3 Å². The Balaban J connectivity index is 1.57. The lowest BCUT2D eigenvalue weighted by Crippen LogP contribution is -2.66. The number of aliphatic hydroxyl groups excluding tert-OH is 2. The molecule has 12 heteroatoms. The van der Waals surface area contributed by atoms with E-state index in [-0.39, 0.29) is 37.4 Å². The van der Waals surface area contributed by atoms with Crippen LogP contribution in [-0.4, -0.2) is 105 Å². The van der Waals surface area contributed by atoms with Gasteiger partial charge in [0, 0.05) is 50.4 Å². The van der Waals surface area contributed by atoms with Crippen LogP contribution in [0.3, 0.4) is 0 Å². The van der Waals surface area contributed by atoms with Crippen LogP contribution < -0.4 is 0 Å². The highest BCUT2D eigenvalue weighted by atomic mass is 16.6. The predicted octanol–water partition coefficient (Wildman–Crippen LogP) is 1.56. The van der Waals surface area contributed by atoms with Gasteiger partial charge in [0.1, 0.15) is 24.6 Å². The van der Waals surface area contributed by atoms with E-state index in [1.54, 1.807) is 0 Å². The van der Waals surface area contributed by atoms with E-state index in [2.05, 4.69) is 4.98 Å². The number of aliphatic hydroxyl groups is 2. The van der Waals surface area contributed by atoms with Gasteiger partial charge in [-0.15, -0.1) is 0 Å². The number of nitrogens with zero attached hydrogens (tertiary/aromatic N) is 1. The second-order valence-corrected chi connectivity index (χ2v) is 11.8. The molecule has 5 rings (SSSR count). The zero-order valence-corrected chi connectivity index (χ0v) is 24.6. The maximum atomic E-state index is 13.8. The fourth-order valence-corrected chi connectivity index (χ4v) is 7.88. The van der Waals surface area contributed by atoms with Crippen LogP contribution in [-0.2, 0) is 33.2 Å². The van der Waals surface area contributed by atoms with Gasteiger partial charge in [0.2, 0.25) is 0 Å². The number of methoxy groups -OCH3 is 3. The Labute approximate surface area is 244 Å². The molecule has 1 spiro atoms. The number of hydrogen-bond donors (Lipinski definition) is 2. The highest BCUT2D eigenvalue weighted by molar-refractivity contribution is 5.86. The highest BCUT2D eigenvalue weighted by Crippen LogP contribution is 2.62. The van der Waals surface area contributed by atoms with Gasteiger partial charge in [0.05, 0.1) is 44.1 Å². The van der Waals surface area contributed by atoms with Crippen molar-refractivity contribution in [2.24, 2.45) is 35.0 Å². The Morgan fingerprint density at radius 3 is 2.62 bits per heavy atom. The third-order valence-corrected chi connectivity index (χ3v) is 9.59. The van der Waals surface area contributed by atoms with Crippen molar-refractivity contribution in [1.82, 2.24) is 4.98 Å². The first-order valence-electron chi connectivity index (χ1n) is 14.3. The molecular formula is C30H41NO11. The first-order valence-corrected chi connectivity index (χ1v) is 14.3. The quantitative estimate of drug-likeness (QED) is 0.316. The van der Waals surface area contributed by atoms with Crippen molar-refractivity contribution in [3.8, 4) is 0 Å². The molecule has 1 saturated heterocycles. The van der Waals surface area contributed by atoms with Gasteiger partial charge in [-0.3, -0.25) is 4.79 Å². The molecule has 2 N–H and O–H groups in total. The summed E-state index contributed by atoms with van der Waals surface area (Å²) in [6.07, 6.45) is 3.87. The molecule has 0 aromatic carbocycles. The summed E-state index contributed by atoms with van der Waals surface area (Å²) in [5.74, 6) is -3.73. The highest BCUT2D eigenvalue weighted by Gasteiger charge is 2.67. The molecule has 2 aliphatic carbocycles. The molecule has 1 aromatic heterocycles. The van der Waals surface area contributed by atoms with Gasteiger partial charge in [-0.1, -0.05) is 30.7 Å². The molecule has 12 atom stereocenters. The first kappa shape index (κ1) is 30.8. The number of allylic oxidation sites excluding steroid dienone is 1. The third-order valence-electron chi connectivity index (χ3n) is 9.59. The van der Waals surface area contributed by atoms with Crippen molar-refractivity contribution in [2.45, 2.75) is 56.9 Å². The molecule has 2 aliphatic heterocycles.